The fraction of sp³-hybridized carbons (Fsp3) is 0.381. The Morgan fingerprint density at radius 3 is 2.75 bits per heavy atom. The van der Waals surface area contributed by atoms with Crippen LogP contribution >= 0.6 is 0 Å². The second-order valence-electron chi connectivity index (χ2n) is 7.87. The maximum atomic E-state index is 13.1. The van der Waals surface area contributed by atoms with E-state index in [2.05, 4.69) is 16.0 Å². The van der Waals surface area contributed by atoms with Gasteiger partial charge in [-0.25, -0.2) is 9.97 Å². The van der Waals surface area contributed by atoms with E-state index in [0.29, 0.717) is 23.2 Å². The van der Waals surface area contributed by atoms with Gasteiger partial charge in [-0.15, -0.1) is 0 Å². The Kier molecular flexibility index (Phi) is 4.33. The number of hydrogen-bond acceptors (Lipinski definition) is 5. The van der Waals surface area contributed by atoms with Crippen LogP contribution in [0.3, 0.4) is 0 Å². The van der Waals surface area contributed by atoms with Crippen LogP contribution < -0.4 is 10.5 Å². The summed E-state index contributed by atoms with van der Waals surface area (Å²) in [6.45, 7) is 3.52. The molecule has 2 aliphatic heterocycles. The zero-order valence-corrected chi connectivity index (χ0v) is 15.5. The average Bonchev–Trinajstić information content (AvgIpc) is 3.17. The number of nitrogens with zero attached hydrogens (tertiary/aromatic N) is 3. The number of aliphatic hydroxyl groups excluding tert-OH is 1. The molecule has 144 valence electrons. The number of aliphatic hydroxyl groups is 1. The highest BCUT2D eigenvalue weighted by atomic mass is 16.4. The van der Waals surface area contributed by atoms with Gasteiger partial charge in [0.25, 0.3) is 5.56 Å². The topological polar surface area (TPSA) is 85.6 Å². The van der Waals surface area contributed by atoms with Crippen LogP contribution in [0.5, 0.6) is 0 Å². The zero-order chi connectivity index (χ0) is 19.1. The fourth-order valence-electron chi connectivity index (χ4n) is 4.82. The highest BCUT2D eigenvalue weighted by Gasteiger charge is 2.37. The van der Waals surface area contributed by atoms with Crippen molar-refractivity contribution in [2.24, 2.45) is 5.92 Å². The molecule has 7 heteroatoms. The van der Waals surface area contributed by atoms with Crippen molar-refractivity contribution >= 4 is 0 Å². The van der Waals surface area contributed by atoms with Gasteiger partial charge in [-0.3, -0.25) is 4.79 Å². The largest absolute Gasteiger partial charge is 0.458 e. The van der Waals surface area contributed by atoms with Crippen LogP contribution in [0, 0.1) is 5.92 Å². The van der Waals surface area contributed by atoms with E-state index in [9.17, 15) is 9.90 Å². The molecule has 5 heterocycles. The van der Waals surface area contributed by atoms with Gasteiger partial charge < -0.3 is 19.0 Å². The van der Waals surface area contributed by atoms with E-state index in [1.165, 1.54) is 11.2 Å². The smallest absolute Gasteiger partial charge is 0.258 e. The van der Waals surface area contributed by atoms with Crippen LogP contribution in [-0.2, 0) is 19.7 Å². The number of furan rings is 1. The molecule has 1 fully saturated rings. The van der Waals surface area contributed by atoms with Gasteiger partial charge in [0.15, 0.2) is 5.76 Å². The summed E-state index contributed by atoms with van der Waals surface area (Å²) in [5.41, 5.74) is 2.63. The molecule has 2 N–H and O–H groups in total. The number of aromatic nitrogens is 3. The van der Waals surface area contributed by atoms with E-state index in [0.717, 1.165) is 49.6 Å². The van der Waals surface area contributed by atoms with Gasteiger partial charge in [-0.2, -0.15) is 0 Å². The molecule has 1 saturated heterocycles. The average molecular weight is 379 g/mol. The molecule has 1 unspecified atom stereocenters. The molecule has 0 aromatic carbocycles. The highest BCUT2D eigenvalue weighted by Crippen LogP contribution is 2.31. The van der Waals surface area contributed by atoms with Crippen LogP contribution in [0.4, 0.5) is 0 Å². The van der Waals surface area contributed by atoms with Gasteiger partial charge >= 0.3 is 0 Å². The van der Waals surface area contributed by atoms with Gasteiger partial charge in [0.2, 0.25) is 0 Å². The van der Waals surface area contributed by atoms with Crippen molar-refractivity contribution in [1.29, 1.82) is 0 Å². The first-order valence-electron chi connectivity index (χ1n) is 9.72. The van der Waals surface area contributed by atoms with Gasteiger partial charge in [0, 0.05) is 42.0 Å². The summed E-state index contributed by atoms with van der Waals surface area (Å²) in [5, 5.41) is 9.19. The van der Waals surface area contributed by atoms with Crippen LogP contribution in [0.15, 0.2) is 52.2 Å². The van der Waals surface area contributed by atoms with Crippen LogP contribution in [0.1, 0.15) is 29.6 Å². The van der Waals surface area contributed by atoms with Crippen molar-refractivity contribution in [3.8, 4) is 11.1 Å². The number of nitrogens with one attached hydrogen (secondary N) is 1. The first kappa shape index (κ1) is 17.3. The molecule has 3 aromatic heterocycles. The molecule has 0 aliphatic carbocycles. The van der Waals surface area contributed by atoms with Crippen molar-refractivity contribution in [3.05, 3.63) is 70.6 Å². The van der Waals surface area contributed by atoms with Crippen molar-refractivity contribution in [2.75, 3.05) is 13.1 Å². The van der Waals surface area contributed by atoms with Crippen molar-refractivity contribution in [1.82, 2.24) is 14.5 Å². The molecule has 5 rings (SSSR count). The van der Waals surface area contributed by atoms with Crippen molar-refractivity contribution in [3.63, 3.8) is 0 Å². The summed E-state index contributed by atoms with van der Waals surface area (Å²) in [4.78, 5) is 22.7. The third-order valence-electron chi connectivity index (χ3n) is 5.97. The minimum absolute atomic E-state index is 0.0593. The Hall–Kier alpha value is -2.77. The zero-order valence-electron chi connectivity index (χ0n) is 15.5. The van der Waals surface area contributed by atoms with Crippen molar-refractivity contribution < 1.29 is 14.4 Å². The molecular weight excluding hydrogens is 356 g/mol. The second kappa shape index (κ2) is 7.00. The van der Waals surface area contributed by atoms with E-state index in [1.54, 1.807) is 12.4 Å². The second-order valence-corrected chi connectivity index (χ2v) is 7.87. The summed E-state index contributed by atoms with van der Waals surface area (Å²) < 4.78 is 7.64. The number of fused-ring (bicyclic) bond motifs is 4. The predicted octanol–water partition coefficient (Wildman–Crippen LogP) is 0.593. The molecule has 0 radical (unpaired) electrons. The maximum absolute atomic E-state index is 13.1. The number of piperidine rings is 1. The van der Waals surface area contributed by atoms with E-state index < -0.39 is 0 Å². The monoisotopic (exact) mass is 379 g/mol. The Morgan fingerprint density at radius 2 is 1.96 bits per heavy atom. The van der Waals surface area contributed by atoms with Gasteiger partial charge in [0.05, 0.1) is 18.7 Å². The lowest BCUT2D eigenvalue weighted by Gasteiger charge is -2.40. The lowest BCUT2D eigenvalue weighted by molar-refractivity contribution is -0.925. The van der Waals surface area contributed by atoms with Crippen LogP contribution in [0.25, 0.3) is 11.1 Å². The van der Waals surface area contributed by atoms with Crippen LogP contribution in [-0.4, -0.2) is 32.7 Å². The lowest BCUT2D eigenvalue weighted by atomic mass is 9.83. The first-order valence-corrected chi connectivity index (χ1v) is 9.72. The summed E-state index contributed by atoms with van der Waals surface area (Å²) >= 11 is 0. The van der Waals surface area contributed by atoms with Gasteiger partial charge in [-0.1, -0.05) is 0 Å². The summed E-state index contributed by atoms with van der Waals surface area (Å²) in [7, 11) is 0. The number of likely N-dealkylation sites (tertiary alicyclic amines) is 1. The van der Waals surface area contributed by atoms with Crippen molar-refractivity contribution in [2.45, 2.75) is 32.0 Å². The molecule has 0 amide bonds. The minimum atomic E-state index is -0.0638. The Labute approximate surface area is 162 Å². The lowest BCUT2D eigenvalue weighted by Crippen LogP contribution is -3.13. The standard InChI is InChI=1S/C21H22N4O3/c26-12-18-2-1-17(28-18)11-24-8-14-5-15(10-24)20-4-3-19(21(27)25(20)9-14)16-6-22-13-23-7-16/h1-4,6-7,13-15,26H,5,8-12H2/p+1/t14-,15+/m0/s1. The minimum Gasteiger partial charge on any atom is -0.458 e. The third kappa shape index (κ3) is 3.06. The van der Waals surface area contributed by atoms with E-state index in [-0.39, 0.29) is 12.2 Å². The number of hydrogen-bond donors (Lipinski definition) is 2. The van der Waals surface area contributed by atoms with E-state index in [1.807, 2.05) is 22.8 Å². The molecule has 2 aliphatic rings. The Morgan fingerprint density at radius 1 is 1.14 bits per heavy atom. The van der Waals surface area contributed by atoms with Gasteiger partial charge in [0.1, 0.15) is 25.2 Å². The molecule has 3 aromatic rings. The Balaban J connectivity index is 1.41. The first-order chi connectivity index (χ1) is 13.7. The number of rotatable bonds is 4. The highest BCUT2D eigenvalue weighted by molar-refractivity contribution is 5.60. The van der Waals surface area contributed by atoms with E-state index >= 15 is 0 Å². The maximum Gasteiger partial charge on any atom is 0.258 e. The molecule has 0 spiro atoms. The molecule has 2 bridgehead atoms. The van der Waals surface area contributed by atoms with E-state index in [4.69, 9.17) is 4.42 Å². The summed E-state index contributed by atoms with van der Waals surface area (Å²) in [6.07, 6.45) is 5.99. The molecule has 7 nitrogen and oxygen atoms in total. The summed E-state index contributed by atoms with van der Waals surface area (Å²) in [6, 6.07) is 7.81. The van der Waals surface area contributed by atoms with Gasteiger partial charge in [-0.05, 0) is 30.7 Å². The number of pyridine rings is 1. The molecule has 0 saturated carbocycles. The molecule has 3 atom stereocenters. The molecule has 28 heavy (non-hydrogen) atoms. The summed E-state index contributed by atoms with van der Waals surface area (Å²) in [5.74, 6) is 2.38. The SMILES string of the molecule is O=c1c(-c2cncnc2)ccc2n1C[C@H]1C[C@@H]2C[NH+](Cc2ccc(CO)o2)C1. The fourth-order valence-corrected chi connectivity index (χ4v) is 4.82. The predicted molar refractivity (Wildman–Crippen MR) is 102 cm³/mol. The van der Waals surface area contributed by atoms with Crippen LogP contribution in [0.2, 0.25) is 0 Å². The third-order valence-corrected chi connectivity index (χ3v) is 5.97. The number of quaternary nitrogens is 1. The molecular formula is C21H23N4O3+. The quantitative estimate of drug-likeness (QED) is 0.693. The normalized spacial score (nSPS) is 23.4. The Bertz CT molecular complexity index is 1040.